The number of hydrogen-bond donors (Lipinski definition) is 2. The van der Waals surface area contributed by atoms with Gasteiger partial charge in [-0.2, -0.15) is 4.98 Å². The fourth-order valence-electron chi connectivity index (χ4n) is 8.78. The van der Waals surface area contributed by atoms with Crippen molar-refractivity contribution >= 4 is 8.32 Å². The molecule has 5 heterocycles. The number of nitrogens with one attached hydrogen (secondary N) is 2. The molecule has 8 atom stereocenters. The second-order valence-corrected chi connectivity index (χ2v) is 23.4. The summed E-state index contributed by atoms with van der Waals surface area (Å²) in [5, 5.41) is 4.07. The summed E-state index contributed by atoms with van der Waals surface area (Å²) < 4.78 is 69.4. The highest BCUT2D eigenvalue weighted by Gasteiger charge is 2.53. The zero-order valence-corrected chi connectivity index (χ0v) is 40.6. The van der Waals surface area contributed by atoms with Crippen molar-refractivity contribution in [3.8, 4) is 11.5 Å². The Hall–Kier alpha value is -6.29. The van der Waals surface area contributed by atoms with Crippen molar-refractivity contribution in [3.63, 3.8) is 0 Å². The van der Waals surface area contributed by atoms with E-state index in [0.717, 1.165) is 27.3 Å². The molecule has 0 aliphatic carbocycles. The highest BCUT2D eigenvalue weighted by atomic mass is 28.4. The summed E-state index contributed by atoms with van der Waals surface area (Å²) >= 11 is 0. The van der Waals surface area contributed by atoms with E-state index in [9.17, 15) is 19.2 Å². The Labute approximate surface area is 397 Å². The van der Waals surface area contributed by atoms with Crippen molar-refractivity contribution < 1.29 is 41.8 Å². The van der Waals surface area contributed by atoms with E-state index in [1.165, 1.54) is 30.1 Å². The number of ether oxygens (including phenoxy) is 6. The van der Waals surface area contributed by atoms with Gasteiger partial charge in [0.05, 0.1) is 33.0 Å². The quantitative estimate of drug-likeness (QED) is 0.0862. The van der Waals surface area contributed by atoms with Gasteiger partial charge < -0.3 is 37.4 Å². The van der Waals surface area contributed by atoms with Crippen LogP contribution in [0, 0.1) is 5.92 Å². The van der Waals surface area contributed by atoms with Crippen LogP contribution in [0.25, 0.3) is 0 Å². The van der Waals surface area contributed by atoms with Gasteiger partial charge >= 0.3 is 11.4 Å². The molecule has 366 valence electrons. The van der Waals surface area contributed by atoms with Crippen LogP contribution in [0.15, 0.2) is 127 Å². The van der Waals surface area contributed by atoms with E-state index >= 15 is 4.39 Å². The lowest BCUT2D eigenvalue weighted by Gasteiger charge is -2.40. The third-order valence-corrected chi connectivity index (χ3v) is 17.9. The Morgan fingerprint density at radius 2 is 1.23 bits per heavy atom. The molecule has 3 aromatic heterocycles. The molecule has 6 aromatic rings. The summed E-state index contributed by atoms with van der Waals surface area (Å²) in [7, 11) is 2.15. The largest absolute Gasteiger partial charge is 0.497 e. The molecule has 0 bridgehead atoms. The van der Waals surface area contributed by atoms with Gasteiger partial charge in [0.25, 0.3) is 11.1 Å². The van der Waals surface area contributed by atoms with Crippen molar-refractivity contribution in [2.24, 2.45) is 5.92 Å². The summed E-state index contributed by atoms with van der Waals surface area (Å²) in [5.41, 5.74) is -1.83. The van der Waals surface area contributed by atoms with Crippen LogP contribution in [-0.2, 0) is 41.8 Å². The van der Waals surface area contributed by atoms with Gasteiger partial charge in [-0.25, -0.2) is 14.0 Å². The summed E-state index contributed by atoms with van der Waals surface area (Å²) in [5.74, 6) is 0.499. The second kappa shape index (κ2) is 20.0. The molecule has 20 heteroatoms. The van der Waals surface area contributed by atoms with Crippen LogP contribution in [0.5, 0.6) is 11.5 Å². The van der Waals surface area contributed by atoms with Gasteiger partial charge in [0, 0.05) is 50.4 Å². The monoisotopic (exact) mass is 968 g/mol. The first kappa shape index (κ1) is 49.1. The number of H-pyrrole nitrogens is 2. The molecule has 0 spiro atoms. The number of aromatic nitrogens is 6. The fraction of sp³-hybridized carbons (Fsp3) is 0.429. The van der Waals surface area contributed by atoms with Crippen LogP contribution >= 0.6 is 0 Å². The maximum absolute atomic E-state index is 17.2. The molecular weight excluding hydrogens is 912 g/mol. The molecular formula is C49H57FN6O12Si. The molecule has 0 unspecified atom stereocenters. The maximum atomic E-state index is 17.2. The number of halogens is 1. The zero-order valence-electron chi connectivity index (χ0n) is 39.6. The SMILES string of the molecule is COc1ccc(C(OC[C@H]2O[C@@H](n3ccc(=O)[nH]c3=O)[C@H](F)[C@@H]2Cc2nc(C[C@H]3O[C@@H](n4ccc(=O)[nH]c4=O)[C@H](OC)[C@@H]3O[Si](C)(C)C(C)(C)C)no2)(c2ccccc2)c2ccc(OC)cc2)cc1. The molecule has 0 amide bonds. The predicted molar refractivity (Wildman–Crippen MR) is 252 cm³/mol. The van der Waals surface area contributed by atoms with E-state index < -0.39 is 85.4 Å². The average molecular weight is 969 g/mol. The van der Waals surface area contributed by atoms with E-state index in [-0.39, 0.29) is 36.2 Å². The van der Waals surface area contributed by atoms with Crippen LogP contribution in [0.1, 0.15) is 61.6 Å². The van der Waals surface area contributed by atoms with E-state index in [1.807, 2.05) is 78.9 Å². The van der Waals surface area contributed by atoms with E-state index in [4.69, 9.17) is 42.4 Å². The van der Waals surface area contributed by atoms with Crippen molar-refractivity contribution in [1.82, 2.24) is 29.2 Å². The van der Waals surface area contributed by atoms with E-state index in [0.29, 0.717) is 11.5 Å². The lowest BCUT2D eigenvalue weighted by atomic mass is 9.80. The number of hydrogen-bond acceptors (Lipinski definition) is 14. The van der Waals surface area contributed by atoms with Crippen molar-refractivity contribution in [2.75, 3.05) is 27.9 Å². The van der Waals surface area contributed by atoms with Crippen LogP contribution in [0.3, 0.4) is 0 Å². The minimum absolute atomic E-state index is 0.0444. The van der Waals surface area contributed by atoms with Gasteiger partial charge in [0.1, 0.15) is 29.3 Å². The Balaban J connectivity index is 1.13. The molecule has 2 fully saturated rings. The van der Waals surface area contributed by atoms with Crippen molar-refractivity contribution in [3.05, 3.63) is 173 Å². The third kappa shape index (κ3) is 9.95. The first-order valence-electron chi connectivity index (χ1n) is 22.5. The lowest BCUT2D eigenvalue weighted by Crippen LogP contribution is -2.50. The van der Waals surface area contributed by atoms with E-state index in [1.54, 1.807) is 14.2 Å². The summed E-state index contributed by atoms with van der Waals surface area (Å²) in [6, 6.07) is 26.8. The molecule has 2 saturated heterocycles. The first-order chi connectivity index (χ1) is 33.0. The number of nitrogens with zero attached hydrogens (tertiary/aromatic N) is 4. The van der Waals surface area contributed by atoms with E-state index in [2.05, 4.69) is 49.0 Å². The van der Waals surface area contributed by atoms with Gasteiger partial charge in [-0.15, -0.1) is 0 Å². The normalized spacial score (nSPS) is 23.0. The van der Waals surface area contributed by atoms with Gasteiger partial charge in [-0.3, -0.25) is 28.7 Å². The van der Waals surface area contributed by atoms with Crippen LogP contribution in [-0.4, -0.2) is 96.1 Å². The predicted octanol–water partition coefficient (Wildman–Crippen LogP) is 5.44. The van der Waals surface area contributed by atoms with Gasteiger partial charge in [0.15, 0.2) is 32.8 Å². The number of alkyl halides is 1. The number of methoxy groups -OCH3 is 3. The number of rotatable bonds is 17. The minimum atomic E-state index is -2.50. The van der Waals surface area contributed by atoms with Crippen LogP contribution in [0.4, 0.5) is 4.39 Å². The Bertz CT molecular complexity index is 2890. The highest BCUT2D eigenvalue weighted by molar-refractivity contribution is 6.74. The highest BCUT2D eigenvalue weighted by Crippen LogP contribution is 2.45. The number of benzene rings is 3. The smallest absolute Gasteiger partial charge is 0.330 e. The lowest BCUT2D eigenvalue weighted by molar-refractivity contribution is -0.0877. The first-order valence-corrected chi connectivity index (χ1v) is 25.5. The van der Waals surface area contributed by atoms with Gasteiger partial charge in [-0.1, -0.05) is 80.5 Å². The second-order valence-electron chi connectivity index (χ2n) is 18.6. The molecule has 2 N–H and O–H groups in total. The molecule has 0 saturated carbocycles. The Morgan fingerprint density at radius 3 is 1.75 bits per heavy atom. The Kier molecular flexibility index (Phi) is 14.2. The Morgan fingerprint density at radius 1 is 0.696 bits per heavy atom. The standard InChI is InChI=1S/C49H57FN6O12Si/c1-48(2,3)69(7,8)68-42-35(65-45(43(42)63-6)56-25-23-39(58)53-47(56)60)27-37-51-40(67-54-37)26-34-36(66-44(41(34)50)55-24-22-38(57)52-46(55)59)28-64-49(29-12-10-9-11-13-29,30-14-18-32(61-4)19-15-30)31-16-20-33(62-5)21-17-31/h9-25,34-36,41-45H,26-28H2,1-8H3,(H,52,57,59)(H,53,58,60)/t34-,35-,36-,41-,42-,43-,44-,45-/m1/s1. The molecule has 8 rings (SSSR count). The van der Waals surface area contributed by atoms with Crippen LogP contribution in [0.2, 0.25) is 18.1 Å². The average Bonchev–Trinajstić information content (AvgIpc) is 4.01. The molecule has 18 nitrogen and oxygen atoms in total. The van der Waals surface area contributed by atoms with Crippen LogP contribution < -0.4 is 32.0 Å². The topological polar surface area (TPSA) is 213 Å². The fourth-order valence-corrected chi connectivity index (χ4v) is 10.1. The summed E-state index contributed by atoms with van der Waals surface area (Å²) in [6.45, 7) is 10.3. The van der Waals surface area contributed by atoms with Crippen molar-refractivity contribution in [1.29, 1.82) is 0 Å². The molecule has 3 aromatic carbocycles. The molecule has 2 aliphatic heterocycles. The van der Waals surface area contributed by atoms with Gasteiger partial charge in [0.2, 0.25) is 5.89 Å². The van der Waals surface area contributed by atoms with Crippen molar-refractivity contribution in [2.45, 2.75) is 100 Å². The molecule has 0 radical (unpaired) electrons. The van der Waals surface area contributed by atoms with Gasteiger partial charge in [-0.05, 0) is 59.1 Å². The summed E-state index contributed by atoms with van der Waals surface area (Å²) in [6.07, 6.45) is -5.14. The molecule has 69 heavy (non-hydrogen) atoms. The maximum Gasteiger partial charge on any atom is 0.330 e. The zero-order chi connectivity index (χ0) is 49.3. The molecule has 2 aliphatic rings. The minimum Gasteiger partial charge on any atom is -0.497 e. The number of aromatic amines is 2. The third-order valence-electron chi connectivity index (χ3n) is 13.5. The summed E-state index contributed by atoms with van der Waals surface area (Å²) in [4.78, 5) is 59.5.